The van der Waals surface area contributed by atoms with Crippen molar-refractivity contribution < 1.29 is 17.6 Å². The second-order valence-electron chi connectivity index (χ2n) is 7.32. The molecule has 0 aliphatic rings. The smallest absolute Gasteiger partial charge is 0.276 e. The lowest BCUT2D eigenvalue weighted by Gasteiger charge is -2.36. The first-order valence-corrected chi connectivity index (χ1v) is 12.0. The van der Waals surface area contributed by atoms with Crippen LogP contribution in [0.3, 0.4) is 0 Å². The normalized spacial score (nSPS) is 13.2. The Balaban J connectivity index is 3.04. The van der Waals surface area contributed by atoms with Crippen molar-refractivity contribution in [1.29, 1.82) is 0 Å². The summed E-state index contributed by atoms with van der Waals surface area (Å²) in [6, 6.07) is 5.13. The Morgan fingerprint density at radius 2 is 1.73 bits per heavy atom. The number of carbonyl (C=O) groups excluding carboxylic acids is 1. The van der Waals surface area contributed by atoms with Crippen LogP contribution in [-0.2, 0) is 20.9 Å². The van der Waals surface area contributed by atoms with Gasteiger partial charge in [0.1, 0.15) is 0 Å². The van der Waals surface area contributed by atoms with E-state index in [2.05, 4.69) is 33.9 Å². The highest BCUT2D eigenvalue weighted by Crippen LogP contribution is 2.37. The summed E-state index contributed by atoms with van der Waals surface area (Å²) in [6.45, 7) is 13.0. The van der Waals surface area contributed by atoms with Gasteiger partial charge in [0.25, 0.3) is 5.12 Å². The molecule has 0 N–H and O–H groups in total. The van der Waals surface area contributed by atoms with Crippen LogP contribution >= 0.6 is 0 Å². The second kappa shape index (κ2) is 6.26. The Labute approximate surface area is 134 Å². The molecule has 0 saturated carbocycles. The molecule has 6 heteroatoms. The Hall–Kier alpha value is -0.983. The molecule has 0 bridgehead atoms. The number of hydrogen-bond acceptors (Lipinski definition) is 4. The molecule has 0 spiro atoms. The summed E-state index contributed by atoms with van der Waals surface area (Å²) < 4.78 is 29.0. The summed E-state index contributed by atoms with van der Waals surface area (Å²) in [5.41, 5.74) is 1.89. The van der Waals surface area contributed by atoms with Crippen molar-refractivity contribution in [3.05, 3.63) is 34.9 Å². The lowest BCUT2D eigenvalue weighted by Crippen LogP contribution is -2.40. The van der Waals surface area contributed by atoms with Gasteiger partial charge in [0.05, 0.1) is 6.61 Å². The van der Waals surface area contributed by atoms with Crippen molar-refractivity contribution >= 4 is 23.3 Å². The molecule has 1 aromatic rings. The summed E-state index contributed by atoms with van der Waals surface area (Å²) in [7, 11) is -5.62. The van der Waals surface area contributed by atoms with E-state index < -0.39 is 23.3 Å². The van der Waals surface area contributed by atoms with Crippen LogP contribution in [0.2, 0.25) is 18.1 Å². The van der Waals surface area contributed by atoms with Crippen LogP contribution in [0.4, 0.5) is 0 Å². The third kappa shape index (κ3) is 4.76. The number of hydrogen-bond donors (Lipinski definition) is 0. The van der Waals surface area contributed by atoms with Gasteiger partial charge in [0.2, 0.25) is 9.84 Å². The van der Waals surface area contributed by atoms with Gasteiger partial charge in [-0.05, 0) is 42.8 Å². The minimum atomic E-state index is -3.73. The Kier molecular flexibility index (Phi) is 5.42. The van der Waals surface area contributed by atoms with Crippen molar-refractivity contribution in [2.75, 3.05) is 6.26 Å². The molecule has 0 aliphatic carbocycles. The number of carbonyl (C=O) groups is 1. The van der Waals surface area contributed by atoms with E-state index in [1.807, 2.05) is 13.0 Å². The Morgan fingerprint density at radius 3 is 2.18 bits per heavy atom. The highest BCUT2D eigenvalue weighted by molar-refractivity contribution is 8.06. The van der Waals surface area contributed by atoms with Crippen LogP contribution in [0.5, 0.6) is 0 Å². The van der Waals surface area contributed by atoms with Gasteiger partial charge in [0.15, 0.2) is 8.32 Å². The third-order valence-corrected chi connectivity index (χ3v) is 9.50. The molecule has 22 heavy (non-hydrogen) atoms. The minimum absolute atomic E-state index is 0.0994. The van der Waals surface area contributed by atoms with Crippen molar-refractivity contribution in [3.8, 4) is 0 Å². The molecule has 0 radical (unpaired) electrons. The second-order valence-corrected chi connectivity index (χ2v) is 14.0. The summed E-state index contributed by atoms with van der Waals surface area (Å²) in [6.07, 6.45) is 0.934. The topological polar surface area (TPSA) is 60.4 Å². The first-order chi connectivity index (χ1) is 9.74. The largest absolute Gasteiger partial charge is 0.413 e. The molecule has 0 saturated heterocycles. The Bertz CT molecular complexity index is 670. The van der Waals surface area contributed by atoms with Crippen LogP contribution in [0, 0.1) is 6.92 Å². The highest BCUT2D eigenvalue weighted by atomic mass is 32.2. The standard InChI is InChI=1S/C16H26O4SSi/c1-12-8-13(11-20-22(6,7)16(2,3)4)10-14(9-12)15(17)21(5,18)19/h8-10H,11H2,1-7H3. The molecule has 0 amide bonds. The van der Waals surface area contributed by atoms with Crippen molar-refractivity contribution in [1.82, 2.24) is 0 Å². The third-order valence-electron chi connectivity index (χ3n) is 4.12. The molecule has 0 aliphatic heterocycles. The van der Waals surface area contributed by atoms with E-state index >= 15 is 0 Å². The monoisotopic (exact) mass is 342 g/mol. The lowest BCUT2D eigenvalue weighted by atomic mass is 10.1. The Morgan fingerprint density at radius 1 is 1.18 bits per heavy atom. The first kappa shape index (κ1) is 19.1. The van der Waals surface area contributed by atoms with Crippen molar-refractivity contribution in [2.45, 2.75) is 52.4 Å². The van der Waals surface area contributed by atoms with Crippen molar-refractivity contribution in [3.63, 3.8) is 0 Å². The van der Waals surface area contributed by atoms with Gasteiger partial charge >= 0.3 is 0 Å². The quantitative estimate of drug-likeness (QED) is 0.783. The minimum Gasteiger partial charge on any atom is -0.413 e. The summed E-state index contributed by atoms with van der Waals surface area (Å²) in [4.78, 5) is 11.9. The van der Waals surface area contributed by atoms with Crippen LogP contribution in [0.15, 0.2) is 18.2 Å². The van der Waals surface area contributed by atoms with E-state index in [1.54, 1.807) is 12.1 Å². The van der Waals surface area contributed by atoms with E-state index in [-0.39, 0.29) is 10.6 Å². The summed E-state index contributed by atoms with van der Waals surface area (Å²) >= 11 is 0. The molecule has 1 aromatic carbocycles. The first-order valence-electron chi connectivity index (χ1n) is 7.23. The van der Waals surface area contributed by atoms with E-state index in [9.17, 15) is 13.2 Å². The maximum atomic E-state index is 11.9. The fourth-order valence-corrected chi connectivity index (χ4v) is 3.26. The van der Waals surface area contributed by atoms with E-state index in [0.717, 1.165) is 17.4 Å². The average molecular weight is 343 g/mol. The van der Waals surface area contributed by atoms with Gasteiger partial charge in [0, 0.05) is 11.8 Å². The zero-order valence-corrected chi connectivity index (χ0v) is 16.3. The zero-order chi connectivity index (χ0) is 17.3. The maximum absolute atomic E-state index is 11.9. The maximum Gasteiger partial charge on any atom is 0.276 e. The fraction of sp³-hybridized carbons (Fsp3) is 0.562. The lowest BCUT2D eigenvalue weighted by molar-refractivity contribution is 0.107. The van der Waals surface area contributed by atoms with Gasteiger partial charge in [-0.15, -0.1) is 0 Å². The average Bonchev–Trinajstić information content (AvgIpc) is 2.32. The van der Waals surface area contributed by atoms with E-state index in [4.69, 9.17) is 4.43 Å². The van der Waals surface area contributed by atoms with Crippen molar-refractivity contribution in [2.24, 2.45) is 0 Å². The highest BCUT2D eigenvalue weighted by Gasteiger charge is 2.37. The number of benzene rings is 1. The summed E-state index contributed by atoms with van der Waals surface area (Å²) in [5.74, 6) is 0. The molecule has 0 atom stereocenters. The van der Waals surface area contributed by atoms with Gasteiger partial charge in [-0.3, -0.25) is 4.79 Å². The predicted molar refractivity (Wildman–Crippen MR) is 92.3 cm³/mol. The molecule has 4 nitrogen and oxygen atoms in total. The molecular weight excluding hydrogens is 316 g/mol. The number of sulfone groups is 1. The molecule has 0 fully saturated rings. The van der Waals surface area contributed by atoms with Gasteiger partial charge in [-0.25, -0.2) is 8.42 Å². The number of rotatable bonds is 4. The molecule has 0 aromatic heterocycles. The molecule has 0 heterocycles. The van der Waals surface area contributed by atoms with E-state index in [1.165, 1.54) is 0 Å². The molecule has 0 unspecified atom stereocenters. The zero-order valence-electron chi connectivity index (χ0n) is 14.5. The predicted octanol–water partition coefficient (Wildman–Crippen LogP) is 3.70. The number of aryl methyl sites for hydroxylation is 1. The van der Waals surface area contributed by atoms with Gasteiger partial charge < -0.3 is 4.43 Å². The van der Waals surface area contributed by atoms with Crippen LogP contribution < -0.4 is 0 Å². The SMILES string of the molecule is Cc1cc(CO[Si](C)(C)C(C)(C)C)cc(C(=O)S(C)(=O)=O)c1. The fourth-order valence-electron chi connectivity index (χ4n) is 1.76. The van der Waals surface area contributed by atoms with Crippen LogP contribution in [-0.4, -0.2) is 28.1 Å². The van der Waals surface area contributed by atoms with Crippen LogP contribution in [0.1, 0.15) is 42.3 Å². The van der Waals surface area contributed by atoms with Gasteiger partial charge in [-0.1, -0.05) is 32.4 Å². The molecule has 1 rings (SSSR count). The molecule has 124 valence electrons. The molecular formula is C16H26O4SSi. The van der Waals surface area contributed by atoms with E-state index in [0.29, 0.717) is 6.61 Å². The summed E-state index contributed by atoms with van der Waals surface area (Å²) in [5, 5.41) is -0.743. The van der Waals surface area contributed by atoms with Gasteiger partial charge in [-0.2, -0.15) is 0 Å². The van der Waals surface area contributed by atoms with Crippen LogP contribution in [0.25, 0.3) is 0 Å².